The van der Waals surface area contributed by atoms with Gasteiger partial charge in [0, 0.05) is 25.7 Å². The molecule has 2 N–H and O–H groups in total. The van der Waals surface area contributed by atoms with Gasteiger partial charge in [0.2, 0.25) is 6.79 Å². The highest BCUT2D eigenvalue weighted by atomic mass is 35.5. The third-order valence-electron chi connectivity index (χ3n) is 3.92. The van der Waals surface area contributed by atoms with Crippen LogP contribution in [0.2, 0.25) is 0 Å². The second-order valence-corrected chi connectivity index (χ2v) is 5.92. The van der Waals surface area contributed by atoms with E-state index in [-0.39, 0.29) is 32.4 Å². The SMILES string of the molecule is Cl.OCCN(Cc1ccccc1)CC(O)COc1ccc2c(c1)OCO2. The molecule has 0 fully saturated rings. The van der Waals surface area contributed by atoms with E-state index in [1.807, 2.05) is 35.2 Å². The van der Waals surface area contributed by atoms with Crippen LogP contribution in [-0.4, -0.2) is 54.3 Å². The van der Waals surface area contributed by atoms with Crippen molar-refractivity contribution in [3.8, 4) is 17.2 Å². The zero-order valence-electron chi connectivity index (χ0n) is 14.4. The number of benzene rings is 2. The second kappa shape index (κ2) is 10.2. The molecule has 1 heterocycles. The number of nitrogens with zero attached hydrogens (tertiary/aromatic N) is 1. The van der Waals surface area contributed by atoms with Gasteiger partial charge in [-0.05, 0) is 17.7 Å². The first-order valence-corrected chi connectivity index (χ1v) is 8.32. The molecule has 2 aromatic rings. The van der Waals surface area contributed by atoms with Gasteiger partial charge in [0.05, 0.1) is 6.61 Å². The van der Waals surface area contributed by atoms with Crippen LogP contribution >= 0.6 is 12.4 Å². The van der Waals surface area contributed by atoms with Gasteiger partial charge < -0.3 is 24.4 Å². The molecule has 0 bridgehead atoms. The predicted octanol–water partition coefficient (Wildman–Crippen LogP) is 2.07. The Kier molecular flexibility index (Phi) is 8.00. The number of halogens is 1. The maximum Gasteiger partial charge on any atom is 0.231 e. The Bertz CT molecular complexity index is 670. The fourth-order valence-corrected chi connectivity index (χ4v) is 2.73. The van der Waals surface area contributed by atoms with Crippen molar-refractivity contribution in [3.63, 3.8) is 0 Å². The third kappa shape index (κ3) is 5.78. The molecule has 1 unspecified atom stereocenters. The Labute approximate surface area is 159 Å². The van der Waals surface area contributed by atoms with Gasteiger partial charge in [0.15, 0.2) is 11.5 Å². The minimum absolute atomic E-state index is 0. The Balaban J connectivity index is 0.00000243. The summed E-state index contributed by atoms with van der Waals surface area (Å²) in [7, 11) is 0. The summed E-state index contributed by atoms with van der Waals surface area (Å²) < 4.78 is 16.2. The van der Waals surface area contributed by atoms with Crippen molar-refractivity contribution in [2.75, 3.05) is 33.1 Å². The normalized spacial score (nSPS) is 13.3. The fourth-order valence-electron chi connectivity index (χ4n) is 2.73. The molecule has 1 atom stereocenters. The minimum Gasteiger partial charge on any atom is -0.491 e. The molecular weight excluding hydrogens is 358 g/mol. The van der Waals surface area contributed by atoms with Gasteiger partial charge in [0.25, 0.3) is 0 Å². The van der Waals surface area contributed by atoms with Crippen molar-refractivity contribution in [2.45, 2.75) is 12.6 Å². The van der Waals surface area contributed by atoms with Crippen molar-refractivity contribution in [3.05, 3.63) is 54.1 Å². The minimum atomic E-state index is -0.666. The summed E-state index contributed by atoms with van der Waals surface area (Å²) in [5.41, 5.74) is 1.14. The smallest absolute Gasteiger partial charge is 0.231 e. The monoisotopic (exact) mass is 381 g/mol. The fraction of sp³-hybridized carbons (Fsp3) is 0.368. The van der Waals surface area contributed by atoms with E-state index in [0.29, 0.717) is 36.9 Å². The first kappa shape index (κ1) is 20.3. The van der Waals surface area contributed by atoms with Crippen molar-refractivity contribution in [1.29, 1.82) is 0 Å². The summed E-state index contributed by atoms with van der Waals surface area (Å²) >= 11 is 0. The summed E-state index contributed by atoms with van der Waals surface area (Å²) in [5, 5.41) is 19.5. The van der Waals surface area contributed by atoms with E-state index >= 15 is 0 Å². The van der Waals surface area contributed by atoms with E-state index in [4.69, 9.17) is 14.2 Å². The molecule has 0 aromatic heterocycles. The molecule has 3 rings (SSSR count). The Hall–Kier alpha value is -1.99. The van der Waals surface area contributed by atoms with Crippen LogP contribution in [-0.2, 0) is 6.54 Å². The van der Waals surface area contributed by atoms with E-state index < -0.39 is 6.10 Å². The summed E-state index contributed by atoms with van der Waals surface area (Å²) in [6.45, 7) is 2.01. The standard InChI is InChI=1S/C19H23NO5.ClH/c21-9-8-20(11-15-4-2-1-3-5-15)12-16(22)13-23-17-6-7-18-19(10-17)25-14-24-18;/h1-7,10,16,21-22H,8-9,11-14H2;1H. The van der Waals surface area contributed by atoms with Crippen LogP contribution in [0, 0.1) is 0 Å². The number of ether oxygens (including phenoxy) is 3. The van der Waals surface area contributed by atoms with Crippen LogP contribution in [0.1, 0.15) is 5.56 Å². The molecule has 26 heavy (non-hydrogen) atoms. The third-order valence-corrected chi connectivity index (χ3v) is 3.92. The maximum atomic E-state index is 10.3. The van der Waals surface area contributed by atoms with E-state index in [9.17, 15) is 10.2 Å². The highest BCUT2D eigenvalue weighted by molar-refractivity contribution is 5.85. The lowest BCUT2D eigenvalue weighted by molar-refractivity contribution is 0.0589. The lowest BCUT2D eigenvalue weighted by Crippen LogP contribution is -2.37. The highest BCUT2D eigenvalue weighted by Gasteiger charge is 2.16. The molecule has 2 aromatic carbocycles. The van der Waals surface area contributed by atoms with Crippen LogP contribution in [0.25, 0.3) is 0 Å². The van der Waals surface area contributed by atoms with Gasteiger partial charge in [0.1, 0.15) is 18.5 Å². The molecule has 0 aliphatic carbocycles. The van der Waals surface area contributed by atoms with Crippen LogP contribution in [0.5, 0.6) is 17.2 Å². The van der Waals surface area contributed by atoms with Gasteiger partial charge >= 0.3 is 0 Å². The van der Waals surface area contributed by atoms with Crippen molar-refractivity contribution in [1.82, 2.24) is 4.90 Å². The van der Waals surface area contributed by atoms with Crippen molar-refractivity contribution >= 4 is 12.4 Å². The molecule has 0 saturated carbocycles. The number of aliphatic hydroxyl groups is 2. The average Bonchev–Trinajstić information content (AvgIpc) is 3.09. The summed E-state index contributed by atoms with van der Waals surface area (Å²) in [6.07, 6.45) is -0.666. The molecule has 1 aliphatic rings. The molecule has 0 radical (unpaired) electrons. The van der Waals surface area contributed by atoms with Crippen molar-refractivity contribution in [2.24, 2.45) is 0 Å². The number of rotatable bonds is 9. The molecule has 0 saturated heterocycles. The summed E-state index contributed by atoms with van der Waals surface area (Å²) in [6, 6.07) is 15.3. The lowest BCUT2D eigenvalue weighted by atomic mass is 10.2. The molecule has 1 aliphatic heterocycles. The quantitative estimate of drug-likeness (QED) is 0.693. The van der Waals surface area contributed by atoms with E-state index in [2.05, 4.69) is 0 Å². The van der Waals surface area contributed by atoms with Crippen LogP contribution < -0.4 is 14.2 Å². The zero-order valence-corrected chi connectivity index (χ0v) is 15.2. The lowest BCUT2D eigenvalue weighted by Gasteiger charge is -2.24. The molecule has 0 amide bonds. The van der Waals surface area contributed by atoms with Gasteiger partial charge in [-0.15, -0.1) is 12.4 Å². The van der Waals surface area contributed by atoms with Gasteiger partial charge in [-0.3, -0.25) is 4.90 Å². The number of aliphatic hydroxyl groups excluding tert-OH is 2. The maximum absolute atomic E-state index is 10.3. The summed E-state index contributed by atoms with van der Waals surface area (Å²) in [4.78, 5) is 2.00. The summed E-state index contributed by atoms with van der Waals surface area (Å²) in [5.74, 6) is 1.97. The molecule has 6 nitrogen and oxygen atoms in total. The van der Waals surface area contributed by atoms with E-state index in [1.165, 1.54) is 0 Å². The van der Waals surface area contributed by atoms with E-state index in [0.717, 1.165) is 5.56 Å². The number of hydrogen-bond acceptors (Lipinski definition) is 6. The van der Waals surface area contributed by atoms with Crippen LogP contribution in [0.15, 0.2) is 48.5 Å². The topological polar surface area (TPSA) is 71.4 Å². The van der Waals surface area contributed by atoms with Gasteiger partial charge in [-0.1, -0.05) is 30.3 Å². The zero-order chi connectivity index (χ0) is 17.5. The average molecular weight is 382 g/mol. The molecule has 7 heteroatoms. The first-order valence-electron chi connectivity index (χ1n) is 8.32. The largest absolute Gasteiger partial charge is 0.491 e. The molecule has 0 spiro atoms. The van der Waals surface area contributed by atoms with Crippen LogP contribution in [0.3, 0.4) is 0 Å². The Morgan fingerprint density at radius 2 is 1.85 bits per heavy atom. The Morgan fingerprint density at radius 1 is 1.08 bits per heavy atom. The van der Waals surface area contributed by atoms with E-state index in [1.54, 1.807) is 18.2 Å². The first-order chi connectivity index (χ1) is 12.2. The van der Waals surface area contributed by atoms with Crippen molar-refractivity contribution < 1.29 is 24.4 Å². The number of fused-ring (bicyclic) bond motifs is 1. The van der Waals surface area contributed by atoms with Gasteiger partial charge in [-0.25, -0.2) is 0 Å². The number of hydrogen-bond donors (Lipinski definition) is 2. The second-order valence-electron chi connectivity index (χ2n) is 5.92. The Morgan fingerprint density at radius 3 is 2.62 bits per heavy atom. The van der Waals surface area contributed by atoms with Gasteiger partial charge in [-0.2, -0.15) is 0 Å². The predicted molar refractivity (Wildman–Crippen MR) is 100 cm³/mol. The molecule has 142 valence electrons. The van der Waals surface area contributed by atoms with Crippen LogP contribution in [0.4, 0.5) is 0 Å². The highest BCUT2D eigenvalue weighted by Crippen LogP contribution is 2.35. The molecular formula is C19H24ClNO5.